The van der Waals surface area contributed by atoms with Gasteiger partial charge in [0.2, 0.25) is 11.8 Å². The quantitative estimate of drug-likeness (QED) is 0.344. The monoisotopic (exact) mass is 543 g/mol. The summed E-state index contributed by atoms with van der Waals surface area (Å²) in [6.45, 7) is 1.96. The summed E-state index contributed by atoms with van der Waals surface area (Å²) in [4.78, 5) is 25.7. The molecule has 2 bridgehead atoms. The van der Waals surface area contributed by atoms with E-state index in [1.54, 1.807) is 0 Å². The van der Waals surface area contributed by atoms with E-state index in [0.717, 1.165) is 106 Å². The molecule has 5 saturated carbocycles. The van der Waals surface area contributed by atoms with Crippen molar-refractivity contribution in [3.63, 3.8) is 0 Å². The third kappa shape index (κ3) is 4.46. The zero-order valence-corrected chi connectivity index (χ0v) is 23.0. The van der Waals surface area contributed by atoms with Crippen LogP contribution < -0.4 is 4.90 Å². The van der Waals surface area contributed by atoms with Gasteiger partial charge in [-0.05, 0) is 101 Å². The number of fused-ring (bicyclic) bond motifs is 3. The summed E-state index contributed by atoms with van der Waals surface area (Å²) in [5.41, 5.74) is 1.86. The number of hydrogen-bond donors (Lipinski definition) is 0. The largest absolute Gasteiger partial charge is 0.381 e. The third-order valence-electron chi connectivity index (χ3n) is 10.3. The zero-order chi connectivity index (χ0) is 26.7. The molecule has 6 fully saturated rings. The first-order chi connectivity index (χ1) is 19.6. The molecule has 5 aliphatic carbocycles. The van der Waals surface area contributed by atoms with Crippen LogP contribution >= 0.6 is 0 Å². The highest BCUT2D eigenvalue weighted by Crippen LogP contribution is 2.58. The van der Waals surface area contributed by atoms with Crippen molar-refractivity contribution in [2.24, 2.45) is 11.3 Å². The lowest BCUT2D eigenvalue weighted by molar-refractivity contribution is -0.127. The lowest BCUT2D eigenvalue weighted by Crippen LogP contribution is -2.52. The molecule has 1 aliphatic heterocycles. The Balaban J connectivity index is 1.06. The van der Waals surface area contributed by atoms with Crippen molar-refractivity contribution in [1.82, 2.24) is 20.3 Å². The van der Waals surface area contributed by atoms with E-state index >= 15 is 0 Å². The second kappa shape index (κ2) is 9.50. The Morgan fingerprint density at radius 1 is 0.900 bits per heavy atom. The van der Waals surface area contributed by atoms with E-state index in [4.69, 9.17) is 18.8 Å². The first-order valence-electron chi connectivity index (χ1n) is 15.3. The second-order valence-electron chi connectivity index (χ2n) is 13.1. The molecule has 210 valence electrons. The summed E-state index contributed by atoms with van der Waals surface area (Å²) in [7, 11) is 0. The van der Waals surface area contributed by atoms with Crippen LogP contribution in [0.25, 0.3) is 11.5 Å². The van der Waals surface area contributed by atoms with Crippen LogP contribution in [-0.2, 0) is 14.9 Å². The highest BCUT2D eigenvalue weighted by atomic mass is 16.5. The molecule has 1 saturated heterocycles. The summed E-state index contributed by atoms with van der Waals surface area (Å²) < 4.78 is 17.2. The van der Waals surface area contributed by atoms with E-state index in [0.29, 0.717) is 24.3 Å². The van der Waals surface area contributed by atoms with Crippen LogP contribution in [0.15, 0.2) is 33.3 Å². The molecule has 9 nitrogen and oxygen atoms in total. The lowest BCUT2D eigenvalue weighted by atomic mass is 9.53. The fourth-order valence-corrected chi connectivity index (χ4v) is 7.23. The van der Waals surface area contributed by atoms with E-state index in [-0.39, 0.29) is 22.7 Å². The van der Waals surface area contributed by atoms with E-state index in [1.807, 2.05) is 18.2 Å². The Labute approximate surface area is 234 Å². The van der Waals surface area contributed by atoms with Gasteiger partial charge in [-0.1, -0.05) is 16.4 Å². The number of carbonyl (C=O) groups is 1. The van der Waals surface area contributed by atoms with E-state index in [1.165, 1.54) is 12.8 Å². The molecule has 0 N–H and O–H groups in total. The van der Waals surface area contributed by atoms with Gasteiger partial charge in [0.05, 0.1) is 12.5 Å². The Morgan fingerprint density at radius 3 is 2.33 bits per heavy atom. The van der Waals surface area contributed by atoms with Gasteiger partial charge in [-0.3, -0.25) is 4.79 Å². The fourth-order valence-electron chi connectivity index (χ4n) is 7.23. The number of benzene rings is 1. The predicted octanol–water partition coefficient (Wildman–Crippen LogP) is 5.93. The van der Waals surface area contributed by atoms with Crippen molar-refractivity contribution in [2.45, 2.75) is 94.3 Å². The molecule has 9 heteroatoms. The Morgan fingerprint density at radius 2 is 1.62 bits per heavy atom. The number of anilines is 1. The Hall–Kier alpha value is -3.07. The average Bonchev–Trinajstić information content (AvgIpc) is 3.95. The van der Waals surface area contributed by atoms with Gasteiger partial charge in [0.25, 0.3) is 5.89 Å². The van der Waals surface area contributed by atoms with Crippen molar-refractivity contribution in [2.75, 3.05) is 24.7 Å². The van der Waals surface area contributed by atoms with E-state index < -0.39 is 0 Å². The highest BCUT2D eigenvalue weighted by Gasteiger charge is 2.53. The molecular weight excluding hydrogens is 506 g/mol. The van der Waals surface area contributed by atoms with Crippen molar-refractivity contribution in [3.8, 4) is 11.5 Å². The first-order valence-corrected chi connectivity index (χ1v) is 15.3. The molecule has 1 unspecified atom stereocenters. The van der Waals surface area contributed by atoms with Gasteiger partial charge in [-0.15, -0.1) is 0 Å². The van der Waals surface area contributed by atoms with Gasteiger partial charge in [0.1, 0.15) is 0 Å². The van der Waals surface area contributed by atoms with Crippen LogP contribution in [-0.4, -0.2) is 45.9 Å². The molecule has 1 atom stereocenters. The Kier molecular flexibility index (Phi) is 5.87. The van der Waals surface area contributed by atoms with Crippen LogP contribution in [0, 0.1) is 11.3 Å². The summed E-state index contributed by atoms with van der Waals surface area (Å²) in [6.07, 6.45) is 12.7. The number of carbonyl (C=O) groups excluding carboxylic acids is 1. The topological polar surface area (TPSA) is 107 Å². The van der Waals surface area contributed by atoms with Gasteiger partial charge in [-0.25, -0.2) is 0 Å². The minimum atomic E-state index is -0.107. The third-order valence-corrected chi connectivity index (χ3v) is 10.3. The normalized spacial score (nSPS) is 29.9. The minimum Gasteiger partial charge on any atom is -0.381 e. The number of rotatable bonds is 8. The fraction of sp³-hybridized carbons (Fsp3) is 0.645. The molecule has 9 rings (SSSR count). The van der Waals surface area contributed by atoms with Gasteiger partial charge in [-0.2, -0.15) is 9.97 Å². The highest BCUT2D eigenvalue weighted by molar-refractivity contribution is 5.95. The molecule has 6 aliphatic rings. The summed E-state index contributed by atoms with van der Waals surface area (Å²) in [5.74, 6) is 4.09. The van der Waals surface area contributed by atoms with Crippen molar-refractivity contribution in [3.05, 3.63) is 41.8 Å². The molecule has 2 aromatic heterocycles. The zero-order valence-electron chi connectivity index (χ0n) is 23.0. The smallest absolute Gasteiger partial charge is 0.258 e. The summed E-state index contributed by atoms with van der Waals surface area (Å²) >= 11 is 0. The molecule has 0 radical (unpaired) electrons. The molecule has 40 heavy (non-hydrogen) atoms. The summed E-state index contributed by atoms with van der Waals surface area (Å²) in [5, 5.41) is 8.53. The van der Waals surface area contributed by atoms with Crippen molar-refractivity contribution in [1.29, 1.82) is 0 Å². The molecule has 3 aromatic rings. The molecule has 1 amide bonds. The van der Waals surface area contributed by atoms with Gasteiger partial charge in [0.15, 0.2) is 11.6 Å². The Bertz CT molecular complexity index is 1380. The van der Waals surface area contributed by atoms with Crippen LogP contribution in [0.1, 0.15) is 106 Å². The van der Waals surface area contributed by atoms with Gasteiger partial charge >= 0.3 is 0 Å². The van der Waals surface area contributed by atoms with E-state index in [9.17, 15) is 4.79 Å². The standard InChI is InChI=1S/C31H37N5O4/c37-28(23-4-2-16-38-18-23)36(24-5-1-3-22(17-24)27-32-25(34-39-27)20-6-7-20)19-30-10-13-31(14-11-30,15-12-30)29-33-26(35-40-29)21-8-9-21/h1,3,5,17,20-21,23H,2,4,6-16,18-19H2. The molecular formula is C31H37N5O4. The maximum absolute atomic E-state index is 14.1. The van der Waals surface area contributed by atoms with Crippen LogP contribution in [0.5, 0.6) is 0 Å². The molecule has 0 spiro atoms. The van der Waals surface area contributed by atoms with Crippen molar-refractivity contribution >= 4 is 11.6 Å². The van der Waals surface area contributed by atoms with Crippen LogP contribution in [0.2, 0.25) is 0 Å². The number of aromatic nitrogens is 4. The average molecular weight is 544 g/mol. The second-order valence-corrected chi connectivity index (χ2v) is 13.1. The minimum absolute atomic E-state index is 0.00504. The number of ether oxygens (including phenoxy) is 1. The predicted molar refractivity (Wildman–Crippen MR) is 146 cm³/mol. The number of amides is 1. The lowest BCUT2D eigenvalue weighted by Gasteiger charge is -2.53. The molecule has 1 aromatic carbocycles. The maximum Gasteiger partial charge on any atom is 0.258 e. The first kappa shape index (κ1) is 24.7. The summed E-state index contributed by atoms with van der Waals surface area (Å²) in [6, 6.07) is 8.10. The van der Waals surface area contributed by atoms with Gasteiger partial charge in [0, 0.05) is 41.7 Å². The number of nitrogens with zero attached hydrogens (tertiary/aromatic N) is 5. The molecule has 3 heterocycles. The SMILES string of the molecule is O=C(C1CCCOC1)N(CC12CCC(c3nc(C4CC4)no3)(CC1)CC2)c1cccc(-c2nc(C3CC3)no2)c1. The van der Waals surface area contributed by atoms with Crippen LogP contribution in [0.3, 0.4) is 0 Å². The van der Waals surface area contributed by atoms with E-state index in [2.05, 4.69) is 26.3 Å². The van der Waals surface area contributed by atoms with Gasteiger partial charge < -0.3 is 18.7 Å². The number of hydrogen-bond acceptors (Lipinski definition) is 8. The van der Waals surface area contributed by atoms with Crippen LogP contribution in [0.4, 0.5) is 5.69 Å². The maximum atomic E-state index is 14.1. The van der Waals surface area contributed by atoms with Crippen molar-refractivity contribution < 1.29 is 18.6 Å².